The van der Waals surface area contributed by atoms with Crippen LogP contribution in [-0.2, 0) is 9.53 Å². The van der Waals surface area contributed by atoms with Gasteiger partial charge in [0.1, 0.15) is 0 Å². The van der Waals surface area contributed by atoms with E-state index in [0.717, 1.165) is 19.3 Å². The minimum atomic E-state index is -5.39. The predicted molar refractivity (Wildman–Crippen MR) is 55.0 cm³/mol. The second-order valence-corrected chi connectivity index (χ2v) is 3.68. The highest BCUT2D eigenvalue weighted by Gasteiger charge is 2.44. The molecular formula is C11H15F5O2. The van der Waals surface area contributed by atoms with Crippen molar-refractivity contribution in [2.45, 2.75) is 45.2 Å². The molecule has 0 N–H and O–H groups in total. The van der Waals surface area contributed by atoms with E-state index in [1.165, 1.54) is 0 Å². The van der Waals surface area contributed by atoms with Crippen LogP contribution in [0.5, 0.6) is 0 Å². The number of esters is 1. The quantitative estimate of drug-likeness (QED) is 0.301. The fraction of sp³-hybridized carbons (Fsp3) is 0.727. The van der Waals surface area contributed by atoms with Gasteiger partial charge in [-0.15, -0.1) is 0 Å². The molecule has 0 bridgehead atoms. The third-order valence-electron chi connectivity index (χ3n) is 2.16. The lowest BCUT2D eigenvalue weighted by Crippen LogP contribution is -2.23. The summed E-state index contributed by atoms with van der Waals surface area (Å²) in [5.41, 5.74) is -2.52. The van der Waals surface area contributed by atoms with Gasteiger partial charge in [0.2, 0.25) is 5.57 Å². The standard InChI is InChI=1S/C11H15F5O2/c1-2-3-4-5-6-7-18-10(17)8(9(12)13)11(14,15)16/h2-7H2,1H3. The SMILES string of the molecule is CCCCCCCOC(=O)C(=C(F)F)C(F)(F)F. The molecule has 2 nitrogen and oxygen atoms in total. The van der Waals surface area contributed by atoms with Crippen LogP contribution in [0.1, 0.15) is 39.0 Å². The van der Waals surface area contributed by atoms with E-state index in [4.69, 9.17) is 0 Å². The van der Waals surface area contributed by atoms with Crippen molar-refractivity contribution in [1.29, 1.82) is 0 Å². The van der Waals surface area contributed by atoms with Gasteiger partial charge >= 0.3 is 12.1 Å². The van der Waals surface area contributed by atoms with Crippen molar-refractivity contribution in [3.05, 3.63) is 11.7 Å². The van der Waals surface area contributed by atoms with Gasteiger partial charge in [-0.25, -0.2) is 4.79 Å². The summed E-state index contributed by atoms with van der Waals surface area (Å²) in [4.78, 5) is 10.8. The number of halogens is 5. The lowest BCUT2D eigenvalue weighted by molar-refractivity contribution is -0.152. The van der Waals surface area contributed by atoms with Gasteiger partial charge in [-0.05, 0) is 6.42 Å². The highest BCUT2D eigenvalue weighted by molar-refractivity contribution is 5.90. The van der Waals surface area contributed by atoms with Crippen molar-refractivity contribution in [1.82, 2.24) is 0 Å². The molecule has 0 heterocycles. The Morgan fingerprint density at radius 2 is 1.61 bits per heavy atom. The molecular weight excluding hydrogens is 259 g/mol. The first-order valence-electron chi connectivity index (χ1n) is 5.60. The van der Waals surface area contributed by atoms with Crippen molar-refractivity contribution in [2.24, 2.45) is 0 Å². The van der Waals surface area contributed by atoms with E-state index in [2.05, 4.69) is 4.74 Å². The molecule has 0 fully saturated rings. The zero-order chi connectivity index (χ0) is 14.2. The normalized spacial score (nSPS) is 11.2. The number of alkyl halides is 3. The van der Waals surface area contributed by atoms with Gasteiger partial charge in [-0.2, -0.15) is 22.0 Å². The third-order valence-corrected chi connectivity index (χ3v) is 2.16. The Bertz CT molecular complexity index is 292. The Morgan fingerprint density at radius 1 is 1.06 bits per heavy atom. The number of unbranched alkanes of at least 4 members (excludes halogenated alkanes) is 4. The lowest BCUT2D eigenvalue weighted by Gasteiger charge is -2.10. The van der Waals surface area contributed by atoms with Crippen LogP contribution >= 0.6 is 0 Å². The molecule has 0 aliphatic carbocycles. The van der Waals surface area contributed by atoms with Gasteiger partial charge in [-0.3, -0.25) is 0 Å². The summed E-state index contributed by atoms with van der Waals surface area (Å²) in [6.07, 6.45) is -4.58. The number of rotatable bonds is 7. The van der Waals surface area contributed by atoms with E-state index in [1.807, 2.05) is 6.92 Å². The van der Waals surface area contributed by atoms with Crippen molar-refractivity contribution in [3.63, 3.8) is 0 Å². The minimum Gasteiger partial charge on any atom is -0.462 e. The van der Waals surface area contributed by atoms with Crippen LogP contribution in [0.3, 0.4) is 0 Å². The van der Waals surface area contributed by atoms with Crippen molar-refractivity contribution in [2.75, 3.05) is 6.61 Å². The second-order valence-electron chi connectivity index (χ2n) is 3.68. The maximum atomic E-state index is 12.1. The van der Waals surface area contributed by atoms with Gasteiger partial charge in [0.25, 0.3) is 6.08 Å². The molecule has 0 spiro atoms. The Balaban J connectivity index is 4.12. The van der Waals surface area contributed by atoms with Crippen LogP contribution in [0.2, 0.25) is 0 Å². The molecule has 18 heavy (non-hydrogen) atoms. The average Bonchev–Trinajstić information content (AvgIpc) is 2.20. The second kappa shape index (κ2) is 8.05. The first-order chi connectivity index (χ1) is 8.30. The molecule has 106 valence electrons. The third kappa shape index (κ3) is 6.56. The molecule has 0 aromatic rings. The minimum absolute atomic E-state index is 0.282. The molecule has 7 heteroatoms. The van der Waals surface area contributed by atoms with E-state index in [9.17, 15) is 26.7 Å². The van der Waals surface area contributed by atoms with Crippen LogP contribution in [-0.4, -0.2) is 18.8 Å². The molecule has 0 aromatic carbocycles. The van der Waals surface area contributed by atoms with Crippen molar-refractivity contribution >= 4 is 5.97 Å². The molecule has 0 saturated carbocycles. The van der Waals surface area contributed by atoms with E-state index in [-0.39, 0.29) is 6.61 Å². The monoisotopic (exact) mass is 274 g/mol. The molecule has 0 rings (SSSR count). The van der Waals surface area contributed by atoms with Gasteiger partial charge in [-0.1, -0.05) is 32.6 Å². The van der Waals surface area contributed by atoms with E-state index < -0.39 is 23.8 Å². The van der Waals surface area contributed by atoms with Crippen molar-refractivity contribution in [3.8, 4) is 0 Å². The van der Waals surface area contributed by atoms with Gasteiger partial charge in [0.05, 0.1) is 6.61 Å². The van der Waals surface area contributed by atoms with Crippen LogP contribution in [0, 0.1) is 0 Å². The first-order valence-corrected chi connectivity index (χ1v) is 5.60. The Kier molecular flexibility index (Phi) is 7.54. The highest BCUT2D eigenvalue weighted by Crippen LogP contribution is 2.30. The number of carbonyl (C=O) groups is 1. The summed E-state index contributed by atoms with van der Waals surface area (Å²) < 4.78 is 64.3. The number of carbonyl (C=O) groups excluding carboxylic acids is 1. The van der Waals surface area contributed by atoms with Gasteiger partial charge in [0.15, 0.2) is 0 Å². The van der Waals surface area contributed by atoms with Crippen LogP contribution < -0.4 is 0 Å². The molecule has 0 atom stereocenters. The summed E-state index contributed by atoms with van der Waals surface area (Å²) in [5.74, 6) is -2.02. The zero-order valence-electron chi connectivity index (χ0n) is 9.95. The van der Waals surface area contributed by atoms with E-state index >= 15 is 0 Å². The Hall–Kier alpha value is -1.14. The molecule has 0 aliphatic heterocycles. The summed E-state index contributed by atoms with van der Waals surface area (Å²) in [6.45, 7) is 1.71. The topological polar surface area (TPSA) is 26.3 Å². The Labute approximate surface area is 102 Å². The summed E-state index contributed by atoms with van der Waals surface area (Å²) in [6, 6.07) is 0. The van der Waals surface area contributed by atoms with E-state index in [1.54, 1.807) is 0 Å². The number of hydrogen-bond donors (Lipinski definition) is 0. The molecule has 0 radical (unpaired) electrons. The summed E-state index contributed by atoms with van der Waals surface area (Å²) >= 11 is 0. The Morgan fingerprint density at radius 3 is 2.06 bits per heavy atom. The average molecular weight is 274 g/mol. The largest absolute Gasteiger partial charge is 0.462 e. The van der Waals surface area contributed by atoms with Crippen LogP contribution in [0.15, 0.2) is 11.7 Å². The molecule has 0 unspecified atom stereocenters. The maximum absolute atomic E-state index is 12.1. The van der Waals surface area contributed by atoms with Gasteiger partial charge < -0.3 is 4.74 Å². The first kappa shape index (κ1) is 16.9. The zero-order valence-corrected chi connectivity index (χ0v) is 9.95. The molecule has 0 aliphatic rings. The molecule has 0 aromatic heterocycles. The van der Waals surface area contributed by atoms with Crippen LogP contribution in [0.4, 0.5) is 22.0 Å². The smallest absolute Gasteiger partial charge is 0.428 e. The van der Waals surface area contributed by atoms with Crippen molar-refractivity contribution < 1.29 is 31.5 Å². The number of ether oxygens (including phenoxy) is 1. The maximum Gasteiger partial charge on any atom is 0.428 e. The fourth-order valence-electron chi connectivity index (χ4n) is 1.24. The molecule has 0 amide bonds. The lowest BCUT2D eigenvalue weighted by atomic mass is 10.2. The predicted octanol–water partition coefficient (Wildman–Crippen LogP) is 4.21. The summed E-state index contributed by atoms with van der Waals surface area (Å²) in [7, 11) is 0. The van der Waals surface area contributed by atoms with E-state index in [0.29, 0.717) is 12.8 Å². The fourth-order valence-corrected chi connectivity index (χ4v) is 1.24. The van der Waals surface area contributed by atoms with Crippen LogP contribution in [0.25, 0.3) is 0 Å². The highest BCUT2D eigenvalue weighted by atomic mass is 19.4. The molecule has 0 saturated heterocycles. The summed E-state index contributed by atoms with van der Waals surface area (Å²) in [5, 5.41) is 0. The van der Waals surface area contributed by atoms with Gasteiger partial charge in [0, 0.05) is 0 Å². The number of hydrogen-bond acceptors (Lipinski definition) is 2.